The summed E-state index contributed by atoms with van der Waals surface area (Å²) >= 11 is 12.3. The van der Waals surface area contributed by atoms with Crippen molar-refractivity contribution in [2.24, 2.45) is 0 Å². The number of rotatable bonds is 12. The smallest absolute Gasteiger partial charge is 0.431 e. The molecule has 1 saturated heterocycles. The number of benzene rings is 3. The number of hydrogen-bond donors (Lipinski definition) is 0. The number of imide groups is 1. The first-order valence-electron chi connectivity index (χ1n) is 19.7. The van der Waals surface area contributed by atoms with Crippen molar-refractivity contribution in [2.75, 3.05) is 68.3 Å². The van der Waals surface area contributed by atoms with Gasteiger partial charge in [-0.15, -0.1) is 0 Å². The highest BCUT2D eigenvalue weighted by Crippen LogP contribution is 2.41. The van der Waals surface area contributed by atoms with Crippen LogP contribution in [0, 0.1) is 0 Å². The van der Waals surface area contributed by atoms with Crippen LogP contribution in [0.2, 0.25) is 10.4 Å². The van der Waals surface area contributed by atoms with E-state index in [1.54, 1.807) is 69.4 Å². The predicted octanol–water partition coefficient (Wildman–Crippen LogP) is 9.17. The molecular weight excluding hydrogens is 875 g/mol. The van der Waals surface area contributed by atoms with Crippen LogP contribution in [-0.2, 0) is 0 Å². The number of halogens is 2. The molecule has 64 heavy (non-hydrogen) atoms. The largest absolute Gasteiger partial charge is 0.497 e. The molecule has 1 aliphatic heterocycles. The van der Waals surface area contributed by atoms with Crippen LogP contribution in [0.25, 0.3) is 22.5 Å². The summed E-state index contributed by atoms with van der Waals surface area (Å²) in [4.78, 5) is 67.4. The van der Waals surface area contributed by atoms with E-state index in [0.717, 1.165) is 5.69 Å². The van der Waals surface area contributed by atoms with Gasteiger partial charge < -0.3 is 47.1 Å². The van der Waals surface area contributed by atoms with Gasteiger partial charge in [0.2, 0.25) is 23.1 Å². The van der Waals surface area contributed by atoms with Gasteiger partial charge in [-0.2, -0.15) is 14.9 Å². The minimum Gasteiger partial charge on any atom is -0.497 e. The fourth-order valence-corrected chi connectivity index (χ4v) is 7.06. The Balaban J connectivity index is 1.20. The number of hydrogen-bond acceptors (Lipinski definition) is 16. The second-order valence-electron chi connectivity index (χ2n) is 13.6. The number of carbonyl (C=O) groups excluding carboxylic acids is 3. The van der Waals surface area contributed by atoms with Crippen molar-refractivity contribution in [1.82, 2.24) is 24.8 Å². The SMILES string of the molecule is CCOc1nc2oc(Cl)cc2nc1N(C(=O)Oc1ccccc1)C(=O)Oc1ccccc1N(C(=O)N1CCN(c2cc(OC)cc(OC)c2)CC1)c1nc2cc(Cl)oc2nc1OCC. The normalized spacial score (nSPS) is 12.5. The van der Waals surface area contributed by atoms with Crippen molar-refractivity contribution >= 4 is 86.9 Å². The maximum absolute atomic E-state index is 15.1. The third-order valence-electron chi connectivity index (χ3n) is 9.61. The highest BCUT2D eigenvalue weighted by molar-refractivity contribution is 6.30. The number of urea groups is 1. The molecule has 21 heteroatoms. The zero-order valence-corrected chi connectivity index (χ0v) is 36.2. The molecule has 0 spiro atoms. The van der Waals surface area contributed by atoms with Crippen molar-refractivity contribution in [3.8, 4) is 34.8 Å². The maximum Gasteiger partial charge on any atom is 0.431 e. The Bertz CT molecular complexity index is 2810. The van der Waals surface area contributed by atoms with Gasteiger partial charge >= 0.3 is 18.2 Å². The van der Waals surface area contributed by atoms with Crippen molar-refractivity contribution in [3.63, 3.8) is 0 Å². The standard InChI is InChI=1S/C43H38Cl2N8O11/c1-5-59-39-35(46-29-23-33(44)63-37(29)48-39)52(41(54)51-18-16-50(17-19-51)25-20-27(57-3)22-28(21-25)58-4)31-14-10-11-15-32(31)62-43(56)53(42(55)61-26-12-8-7-9-13-26)36-40(60-6-2)49-38-30(47-36)24-34(45)64-38/h7-15,20-24H,5-6,16-19H2,1-4H3. The molecule has 0 saturated carbocycles. The number of para-hydroxylation sites is 3. The second-order valence-corrected chi connectivity index (χ2v) is 14.3. The number of anilines is 4. The zero-order chi connectivity index (χ0) is 44.9. The van der Waals surface area contributed by atoms with E-state index in [-0.39, 0.29) is 94.0 Å². The predicted molar refractivity (Wildman–Crippen MR) is 234 cm³/mol. The number of fused-ring (bicyclic) bond motifs is 2. The topological polar surface area (TPSA) is 197 Å². The van der Waals surface area contributed by atoms with E-state index in [9.17, 15) is 9.59 Å². The fraction of sp³-hybridized carbons (Fsp3) is 0.233. The molecule has 0 N–H and O–H groups in total. The van der Waals surface area contributed by atoms with Crippen LogP contribution in [0.15, 0.2) is 93.8 Å². The average molecular weight is 914 g/mol. The van der Waals surface area contributed by atoms with Crippen LogP contribution in [0.4, 0.5) is 37.4 Å². The molecule has 0 unspecified atom stereocenters. The number of furan rings is 2. The van der Waals surface area contributed by atoms with Gasteiger partial charge in [-0.05, 0) is 61.3 Å². The summed E-state index contributed by atoms with van der Waals surface area (Å²) in [5, 5.41) is -0.0541. The minimum atomic E-state index is -1.32. The molecule has 4 aromatic heterocycles. The van der Waals surface area contributed by atoms with Crippen LogP contribution in [0.5, 0.6) is 34.8 Å². The summed E-state index contributed by atoms with van der Waals surface area (Å²) in [5.41, 5.74) is 1.18. The Kier molecular flexibility index (Phi) is 12.7. The molecular formula is C43H38Cl2N8O11. The van der Waals surface area contributed by atoms with Gasteiger partial charge in [0, 0.05) is 62.2 Å². The summed E-state index contributed by atoms with van der Waals surface area (Å²) in [6.07, 6.45) is -2.55. The molecule has 0 atom stereocenters. The molecule has 330 valence electrons. The number of nitrogens with zero attached hydrogens (tertiary/aromatic N) is 8. The minimum absolute atomic E-state index is 0.0000178. The lowest BCUT2D eigenvalue weighted by molar-refractivity contribution is 0.189. The second kappa shape index (κ2) is 18.9. The van der Waals surface area contributed by atoms with Crippen LogP contribution in [0.1, 0.15) is 13.8 Å². The number of methoxy groups -OCH3 is 2. The van der Waals surface area contributed by atoms with Gasteiger partial charge in [0.15, 0.2) is 16.2 Å². The van der Waals surface area contributed by atoms with Gasteiger partial charge in [0.25, 0.3) is 11.8 Å². The van der Waals surface area contributed by atoms with Crippen molar-refractivity contribution in [1.29, 1.82) is 0 Å². The van der Waals surface area contributed by atoms with Crippen LogP contribution in [0.3, 0.4) is 0 Å². The molecule has 1 aliphatic rings. The Morgan fingerprint density at radius 3 is 1.80 bits per heavy atom. The molecule has 4 amide bonds. The van der Waals surface area contributed by atoms with E-state index in [4.69, 9.17) is 65.4 Å². The van der Waals surface area contributed by atoms with Crippen LogP contribution in [-0.4, -0.2) is 96.7 Å². The highest BCUT2D eigenvalue weighted by Gasteiger charge is 2.37. The molecule has 0 radical (unpaired) electrons. The van der Waals surface area contributed by atoms with Crippen LogP contribution >= 0.6 is 23.2 Å². The Morgan fingerprint density at radius 1 is 0.656 bits per heavy atom. The van der Waals surface area contributed by atoms with E-state index in [0.29, 0.717) is 29.5 Å². The third-order valence-corrected chi connectivity index (χ3v) is 9.99. The number of piperazine rings is 1. The van der Waals surface area contributed by atoms with Gasteiger partial charge in [-0.3, -0.25) is 0 Å². The summed E-state index contributed by atoms with van der Waals surface area (Å²) < 4.78 is 45.3. The molecule has 0 bridgehead atoms. The first-order chi connectivity index (χ1) is 31.1. The van der Waals surface area contributed by atoms with Gasteiger partial charge in [-0.25, -0.2) is 29.3 Å². The van der Waals surface area contributed by atoms with Crippen molar-refractivity contribution < 1.29 is 51.6 Å². The van der Waals surface area contributed by atoms with Crippen molar-refractivity contribution in [3.05, 3.63) is 95.4 Å². The summed E-state index contributed by atoms with van der Waals surface area (Å²) in [5.74, 6) is 0.283. The van der Waals surface area contributed by atoms with E-state index < -0.39 is 24.0 Å². The molecule has 3 aromatic carbocycles. The van der Waals surface area contributed by atoms with Gasteiger partial charge in [-0.1, -0.05) is 30.3 Å². The highest BCUT2D eigenvalue weighted by atomic mass is 35.5. The fourth-order valence-electron chi connectivity index (χ4n) is 6.70. The Morgan fingerprint density at radius 2 is 1.20 bits per heavy atom. The molecule has 8 rings (SSSR count). The Labute approximate surface area is 374 Å². The quantitative estimate of drug-likeness (QED) is 0.112. The summed E-state index contributed by atoms with van der Waals surface area (Å²) in [6.45, 7) is 4.89. The van der Waals surface area contributed by atoms with Gasteiger partial charge in [0.05, 0.1) is 33.1 Å². The van der Waals surface area contributed by atoms with E-state index in [1.807, 2.05) is 12.1 Å². The monoisotopic (exact) mass is 912 g/mol. The first-order valence-corrected chi connectivity index (χ1v) is 20.5. The van der Waals surface area contributed by atoms with Crippen molar-refractivity contribution in [2.45, 2.75) is 13.8 Å². The summed E-state index contributed by atoms with van der Waals surface area (Å²) in [6, 6.07) is 21.9. The number of amides is 4. The van der Waals surface area contributed by atoms with E-state index in [2.05, 4.69) is 19.9 Å². The van der Waals surface area contributed by atoms with E-state index >= 15 is 4.79 Å². The van der Waals surface area contributed by atoms with Crippen LogP contribution < -0.4 is 43.1 Å². The molecule has 5 heterocycles. The number of ether oxygens (including phenoxy) is 6. The number of carbonyl (C=O) groups is 3. The van der Waals surface area contributed by atoms with Gasteiger partial charge in [0.1, 0.15) is 28.3 Å². The third kappa shape index (κ3) is 9.02. The lowest BCUT2D eigenvalue weighted by Gasteiger charge is -2.38. The zero-order valence-electron chi connectivity index (χ0n) is 34.6. The lowest BCUT2D eigenvalue weighted by atomic mass is 10.2. The molecule has 7 aromatic rings. The average Bonchev–Trinajstić information content (AvgIpc) is 3.86. The summed E-state index contributed by atoms with van der Waals surface area (Å²) in [7, 11) is 3.15. The van der Waals surface area contributed by atoms with E-state index in [1.165, 1.54) is 41.3 Å². The molecule has 1 fully saturated rings. The lowest BCUT2D eigenvalue weighted by Crippen LogP contribution is -2.52. The molecule has 19 nitrogen and oxygen atoms in total. The maximum atomic E-state index is 15.1. The number of aromatic nitrogens is 4. The Hall–Kier alpha value is -7.51. The first kappa shape index (κ1) is 43.2. The molecule has 0 aliphatic carbocycles.